The molecule has 4 heteroatoms. The molecule has 0 radical (unpaired) electrons. The maximum absolute atomic E-state index is 8.90. The number of benzene rings is 2. The number of aromatic nitrogens is 2. The Morgan fingerprint density at radius 3 is 2.61 bits per heavy atom. The number of rotatable bonds is 4. The molecule has 0 atom stereocenters. The summed E-state index contributed by atoms with van der Waals surface area (Å²) in [5.41, 5.74) is 0.138. The van der Waals surface area contributed by atoms with Gasteiger partial charge in [0.05, 0.1) is 28.5 Å². The molecule has 1 aliphatic heterocycles. The molecule has 118 valence electrons. The number of halogens is 1. The lowest BCUT2D eigenvalue weighted by Crippen LogP contribution is -2.21. The van der Waals surface area contributed by atoms with Gasteiger partial charge in [-0.25, -0.2) is 4.98 Å². The molecule has 0 aliphatic carbocycles. The highest BCUT2D eigenvalue weighted by atomic mass is 35.5. The van der Waals surface area contributed by atoms with Crippen LogP contribution in [0.2, 0.25) is 5.02 Å². The SMILES string of the molecule is [2H]c1c([2H])c(C([2H])([2H])n2c(C([2H])([2H])N3CCCC3)nc3ccccc32)c([2H])c([2H])c1Cl. The second kappa shape index (κ2) is 6.34. The molecule has 0 unspecified atom stereocenters. The van der Waals surface area contributed by atoms with E-state index in [0.29, 0.717) is 18.6 Å². The molecule has 1 fully saturated rings. The van der Waals surface area contributed by atoms with Crippen molar-refractivity contribution in [3.05, 3.63) is 64.8 Å². The standard InChI is InChI=1S/C19H20ClN3/c20-16-9-7-15(8-10-16)13-23-18-6-2-1-5-17(18)21-19(23)14-22-11-3-4-12-22/h1-2,5-10H,3-4,11-14H2/i7D,8D,9D,10D,13D2,14D2. The summed E-state index contributed by atoms with van der Waals surface area (Å²) in [5, 5.41) is -0.391. The van der Waals surface area contributed by atoms with Crippen molar-refractivity contribution in [3.8, 4) is 0 Å². The zero-order valence-corrected chi connectivity index (χ0v) is 13.1. The number of hydrogen-bond acceptors (Lipinski definition) is 2. The molecule has 1 aromatic heterocycles. The number of para-hydroxylation sites is 2. The normalized spacial score (nSPS) is 21.8. The summed E-state index contributed by atoms with van der Waals surface area (Å²) in [6.07, 6.45) is 1.64. The Balaban J connectivity index is 2.04. The minimum absolute atomic E-state index is 0.188. The van der Waals surface area contributed by atoms with E-state index in [1.165, 1.54) is 0 Å². The van der Waals surface area contributed by atoms with Gasteiger partial charge in [0, 0.05) is 11.5 Å². The second-order valence-electron chi connectivity index (χ2n) is 5.37. The molecule has 0 bridgehead atoms. The quantitative estimate of drug-likeness (QED) is 0.708. The van der Waals surface area contributed by atoms with E-state index >= 15 is 0 Å². The third-order valence-corrected chi connectivity index (χ3v) is 3.93. The summed E-state index contributed by atoms with van der Waals surface area (Å²) in [6, 6.07) is 4.30. The van der Waals surface area contributed by atoms with Gasteiger partial charge in [-0.3, -0.25) is 4.90 Å². The molecule has 0 N–H and O–H groups in total. The van der Waals surface area contributed by atoms with E-state index in [0.717, 1.165) is 17.4 Å². The van der Waals surface area contributed by atoms with Crippen LogP contribution in [0.5, 0.6) is 0 Å². The van der Waals surface area contributed by atoms with Crippen molar-refractivity contribution in [2.75, 3.05) is 13.1 Å². The number of nitrogens with zero attached hydrogens (tertiary/aromatic N) is 3. The highest BCUT2D eigenvalue weighted by Gasteiger charge is 2.17. The maximum atomic E-state index is 8.90. The van der Waals surface area contributed by atoms with Gasteiger partial charge in [0.1, 0.15) is 5.82 Å². The molecule has 0 saturated carbocycles. The van der Waals surface area contributed by atoms with Gasteiger partial charge in [-0.05, 0) is 55.7 Å². The summed E-state index contributed by atoms with van der Waals surface area (Å²) in [4.78, 5) is 6.00. The fraction of sp³-hybridized carbons (Fsp3) is 0.316. The first-order valence-electron chi connectivity index (χ1n) is 11.5. The fourth-order valence-corrected chi connectivity index (χ4v) is 2.74. The van der Waals surface area contributed by atoms with Gasteiger partial charge in [-0.2, -0.15) is 0 Å². The van der Waals surface area contributed by atoms with Crippen LogP contribution in [0.4, 0.5) is 0 Å². The molecule has 23 heavy (non-hydrogen) atoms. The molecule has 2 heterocycles. The molecule has 3 nitrogen and oxygen atoms in total. The van der Waals surface area contributed by atoms with Crippen LogP contribution >= 0.6 is 11.6 Å². The van der Waals surface area contributed by atoms with Crippen molar-refractivity contribution >= 4 is 22.6 Å². The van der Waals surface area contributed by atoms with E-state index in [1.54, 1.807) is 29.2 Å². The van der Waals surface area contributed by atoms with Gasteiger partial charge in [0.2, 0.25) is 0 Å². The smallest absolute Gasteiger partial charge is 0.124 e. The van der Waals surface area contributed by atoms with Gasteiger partial charge in [-0.1, -0.05) is 35.8 Å². The van der Waals surface area contributed by atoms with Crippen LogP contribution in [-0.2, 0) is 13.0 Å². The lowest BCUT2D eigenvalue weighted by molar-refractivity contribution is 0.318. The minimum Gasteiger partial charge on any atom is -0.322 e. The summed E-state index contributed by atoms with van der Waals surface area (Å²) in [7, 11) is 0. The van der Waals surface area contributed by atoms with Crippen LogP contribution in [0.1, 0.15) is 35.2 Å². The molecule has 4 rings (SSSR count). The Bertz CT molecular complexity index is 1140. The van der Waals surface area contributed by atoms with Crippen molar-refractivity contribution in [2.45, 2.75) is 25.8 Å². The summed E-state index contributed by atoms with van der Waals surface area (Å²) in [6.45, 7) is -3.74. The van der Waals surface area contributed by atoms with Crippen molar-refractivity contribution in [1.29, 1.82) is 0 Å². The molecule has 1 aliphatic rings. The zero-order valence-electron chi connectivity index (χ0n) is 20.4. The molecule has 2 aromatic carbocycles. The van der Waals surface area contributed by atoms with Gasteiger partial charge < -0.3 is 4.57 Å². The van der Waals surface area contributed by atoms with Crippen LogP contribution in [0.25, 0.3) is 11.0 Å². The predicted molar refractivity (Wildman–Crippen MR) is 94.8 cm³/mol. The third kappa shape index (κ3) is 3.12. The number of fused-ring (bicyclic) bond motifs is 1. The summed E-state index contributed by atoms with van der Waals surface area (Å²) >= 11 is 5.90. The van der Waals surface area contributed by atoms with Gasteiger partial charge in [-0.15, -0.1) is 0 Å². The lowest BCUT2D eigenvalue weighted by atomic mass is 10.2. The highest BCUT2D eigenvalue weighted by Crippen LogP contribution is 2.21. The average molecular weight is 334 g/mol. The first kappa shape index (κ1) is 8.32. The minimum atomic E-state index is -2.64. The largest absolute Gasteiger partial charge is 0.322 e. The Morgan fingerprint density at radius 2 is 1.83 bits per heavy atom. The van der Waals surface area contributed by atoms with Crippen molar-refractivity contribution in [2.24, 2.45) is 0 Å². The lowest BCUT2D eigenvalue weighted by Gasteiger charge is -2.16. The molecule has 3 aromatic rings. The molecule has 0 spiro atoms. The van der Waals surface area contributed by atoms with Gasteiger partial charge >= 0.3 is 0 Å². The first-order valence-corrected chi connectivity index (χ1v) is 7.87. The predicted octanol–water partition coefficient (Wildman–Crippen LogP) is 4.33. The maximum Gasteiger partial charge on any atom is 0.124 e. The van der Waals surface area contributed by atoms with Crippen LogP contribution < -0.4 is 0 Å². The van der Waals surface area contributed by atoms with E-state index in [-0.39, 0.29) is 11.3 Å². The topological polar surface area (TPSA) is 21.1 Å². The number of likely N-dealkylation sites (tertiary alicyclic amines) is 1. The Labute approximate surface area is 152 Å². The fourth-order valence-electron chi connectivity index (χ4n) is 2.65. The summed E-state index contributed by atoms with van der Waals surface area (Å²) in [5.74, 6) is -0.188. The van der Waals surface area contributed by atoms with Crippen molar-refractivity contribution < 1.29 is 11.0 Å². The highest BCUT2D eigenvalue weighted by molar-refractivity contribution is 6.30. The monoisotopic (exact) mass is 333 g/mol. The molecule has 1 saturated heterocycles. The van der Waals surface area contributed by atoms with E-state index in [9.17, 15) is 0 Å². The third-order valence-electron chi connectivity index (χ3n) is 3.74. The average Bonchev–Trinajstić information content (AvgIpc) is 3.39. The number of imidazole rings is 1. The van der Waals surface area contributed by atoms with E-state index < -0.39 is 47.7 Å². The van der Waals surface area contributed by atoms with Crippen LogP contribution in [0.15, 0.2) is 48.4 Å². The zero-order chi connectivity index (χ0) is 22.7. The van der Waals surface area contributed by atoms with Crippen LogP contribution in [-0.4, -0.2) is 27.5 Å². The van der Waals surface area contributed by atoms with E-state index in [4.69, 9.17) is 22.6 Å². The summed E-state index contributed by atoms with van der Waals surface area (Å²) < 4.78 is 68.9. The number of hydrogen-bond donors (Lipinski definition) is 0. The first-order chi connectivity index (χ1) is 14.5. The Kier molecular flexibility index (Phi) is 2.29. The van der Waals surface area contributed by atoms with Crippen molar-refractivity contribution in [1.82, 2.24) is 14.5 Å². The molecule has 0 amide bonds. The Hall–Kier alpha value is -1.84. The second-order valence-corrected chi connectivity index (χ2v) is 5.74. The Morgan fingerprint density at radius 1 is 1.09 bits per heavy atom. The molecular formula is C19H20ClN3. The van der Waals surface area contributed by atoms with Gasteiger partial charge in [0.15, 0.2) is 0 Å². The van der Waals surface area contributed by atoms with Crippen molar-refractivity contribution in [3.63, 3.8) is 0 Å². The van der Waals surface area contributed by atoms with Crippen LogP contribution in [0.3, 0.4) is 0 Å². The molecular weight excluding hydrogens is 306 g/mol. The van der Waals surface area contributed by atoms with E-state index in [2.05, 4.69) is 4.98 Å². The van der Waals surface area contributed by atoms with Gasteiger partial charge in [0.25, 0.3) is 0 Å². The van der Waals surface area contributed by atoms with Crippen LogP contribution in [0, 0.1) is 0 Å². The van der Waals surface area contributed by atoms with E-state index in [1.807, 2.05) is 0 Å².